The van der Waals surface area contributed by atoms with Gasteiger partial charge in [0.05, 0.1) is 17.1 Å². The number of halogens is 1. The van der Waals surface area contributed by atoms with E-state index in [0.717, 1.165) is 0 Å². The van der Waals surface area contributed by atoms with Crippen LogP contribution in [0.5, 0.6) is 0 Å². The molecule has 4 N–H and O–H groups in total. The maximum Gasteiger partial charge on any atom is 0.354 e. The number of aliphatic carboxylic acids is 1. The van der Waals surface area contributed by atoms with E-state index in [1.54, 1.807) is 24.3 Å². The van der Waals surface area contributed by atoms with Crippen LogP contribution in [0.4, 0.5) is 10.1 Å². The summed E-state index contributed by atoms with van der Waals surface area (Å²) in [5, 5.41) is 11.7. The summed E-state index contributed by atoms with van der Waals surface area (Å²) in [5.74, 6) is -1.83. The second kappa shape index (κ2) is 5.83. The van der Waals surface area contributed by atoms with Gasteiger partial charge in [-0.15, -0.1) is 0 Å². The van der Waals surface area contributed by atoms with Crippen LogP contribution in [0, 0.1) is 5.82 Å². The van der Waals surface area contributed by atoms with E-state index in [-0.39, 0.29) is 11.4 Å². The molecule has 20 heavy (non-hydrogen) atoms. The summed E-state index contributed by atoms with van der Waals surface area (Å²) in [5.41, 5.74) is 5.59. The third-order valence-electron chi connectivity index (χ3n) is 2.55. The first-order valence-electron chi connectivity index (χ1n) is 5.75. The number of rotatable bonds is 4. The number of carboxylic acids is 1. The molecule has 0 aliphatic rings. The van der Waals surface area contributed by atoms with E-state index in [9.17, 15) is 9.18 Å². The Morgan fingerprint density at radius 2 is 1.90 bits per heavy atom. The molecule has 2 aromatic rings. The normalized spacial score (nSPS) is 11.7. The van der Waals surface area contributed by atoms with Gasteiger partial charge in [-0.05, 0) is 24.3 Å². The predicted molar refractivity (Wildman–Crippen MR) is 73.0 cm³/mol. The van der Waals surface area contributed by atoms with Crippen molar-refractivity contribution < 1.29 is 14.3 Å². The SMILES string of the molecule is N/C(C(=O)O)=C(\Nc1ccccc1F)c1ccccn1. The first-order valence-corrected chi connectivity index (χ1v) is 5.75. The van der Waals surface area contributed by atoms with Crippen LogP contribution in [0.25, 0.3) is 5.70 Å². The number of aromatic nitrogens is 1. The van der Waals surface area contributed by atoms with Crippen LogP contribution >= 0.6 is 0 Å². The summed E-state index contributed by atoms with van der Waals surface area (Å²) in [6.45, 7) is 0. The molecular weight excluding hydrogens is 261 g/mol. The molecule has 0 aliphatic heterocycles. The zero-order valence-electron chi connectivity index (χ0n) is 10.4. The number of nitrogens with two attached hydrogens (primary N) is 1. The number of anilines is 1. The van der Waals surface area contributed by atoms with Crippen LogP contribution in [0.1, 0.15) is 5.69 Å². The van der Waals surface area contributed by atoms with Gasteiger partial charge >= 0.3 is 5.97 Å². The van der Waals surface area contributed by atoms with E-state index in [1.807, 2.05) is 0 Å². The second-order valence-corrected chi connectivity index (χ2v) is 3.91. The Kier molecular flexibility index (Phi) is 3.95. The molecule has 2 rings (SSSR count). The number of pyridine rings is 1. The molecule has 0 saturated carbocycles. The number of para-hydroxylation sites is 1. The minimum atomic E-state index is -1.31. The highest BCUT2D eigenvalue weighted by Gasteiger charge is 2.15. The highest BCUT2D eigenvalue weighted by atomic mass is 19.1. The highest BCUT2D eigenvalue weighted by Crippen LogP contribution is 2.21. The Balaban J connectivity index is 2.47. The number of nitrogens with one attached hydrogen (secondary N) is 1. The van der Waals surface area contributed by atoms with Crippen molar-refractivity contribution in [2.45, 2.75) is 0 Å². The van der Waals surface area contributed by atoms with Crippen LogP contribution in [-0.2, 0) is 4.79 Å². The van der Waals surface area contributed by atoms with Gasteiger partial charge in [0.1, 0.15) is 11.5 Å². The zero-order chi connectivity index (χ0) is 14.5. The number of hydrogen-bond acceptors (Lipinski definition) is 4. The largest absolute Gasteiger partial charge is 0.477 e. The maximum absolute atomic E-state index is 13.6. The number of benzene rings is 1. The lowest BCUT2D eigenvalue weighted by Gasteiger charge is -2.12. The van der Waals surface area contributed by atoms with Crippen molar-refractivity contribution in [2.75, 3.05) is 5.32 Å². The Labute approximate surface area is 114 Å². The van der Waals surface area contributed by atoms with Crippen molar-refractivity contribution in [3.63, 3.8) is 0 Å². The molecule has 0 amide bonds. The molecule has 0 fully saturated rings. The quantitative estimate of drug-likeness (QED) is 0.742. The fraction of sp³-hybridized carbons (Fsp3) is 0. The number of carbonyl (C=O) groups is 1. The van der Waals surface area contributed by atoms with E-state index < -0.39 is 17.5 Å². The molecule has 6 heteroatoms. The minimum Gasteiger partial charge on any atom is -0.477 e. The standard InChI is InChI=1S/C14H12FN3O2/c15-9-5-1-2-6-10(9)18-13(12(16)14(19)20)11-7-3-4-8-17-11/h1-8,18H,16H2,(H,19,20)/b13-12-. The van der Waals surface area contributed by atoms with Gasteiger partial charge in [0.2, 0.25) is 0 Å². The maximum atomic E-state index is 13.6. The molecule has 0 unspecified atom stereocenters. The van der Waals surface area contributed by atoms with Crippen LogP contribution in [0.15, 0.2) is 54.4 Å². The average Bonchev–Trinajstić information content (AvgIpc) is 2.46. The summed E-state index contributed by atoms with van der Waals surface area (Å²) < 4.78 is 13.6. The summed E-state index contributed by atoms with van der Waals surface area (Å²) in [6.07, 6.45) is 1.49. The van der Waals surface area contributed by atoms with Gasteiger partial charge in [-0.2, -0.15) is 0 Å². The molecule has 5 nitrogen and oxygen atoms in total. The van der Waals surface area contributed by atoms with Gasteiger partial charge in [0.25, 0.3) is 0 Å². The first-order chi connectivity index (χ1) is 9.59. The molecule has 0 radical (unpaired) electrons. The number of hydrogen-bond donors (Lipinski definition) is 3. The van der Waals surface area contributed by atoms with E-state index in [0.29, 0.717) is 5.69 Å². The van der Waals surface area contributed by atoms with E-state index in [4.69, 9.17) is 10.8 Å². The first kappa shape index (κ1) is 13.5. The van der Waals surface area contributed by atoms with Gasteiger partial charge in [0, 0.05) is 6.20 Å². The topological polar surface area (TPSA) is 88.2 Å². The average molecular weight is 273 g/mol. The number of carboxylic acid groups (broad SMARTS) is 1. The van der Waals surface area contributed by atoms with Gasteiger partial charge < -0.3 is 16.2 Å². The van der Waals surface area contributed by atoms with Crippen LogP contribution in [0.3, 0.4) is 0 Å². The monoisotopic (exact) mass is 273 g/mol. The molecule has 1 aromatic carbocycles. The van der Waals surface area contributed by atoms with E-state index in [2.05, 4.69) is 10.3 Å². The molecule has 0 aliphatic carbocycles. The summed E-state index contributed by atoms with van der Waals surface area (Å²) in [4.78, 5) is 15.1. The second-order valence-electron chi connectivity index (χ2n) is 3.91. The molecule has 1 heterocycles. The van der Waals surface area contributed by atoms with Crippen molar-refractivity contribution >= 4 is 17.4 Å². The summed E-state index contributed by atoms with van der Waals surface area (Å²) in [6, 6.07) is 10.8. The fourth-order valence-electron chi connectivity index (χ4n) is 1.58. The van der Waals surface area contributed by atoms with E-state index in [1.165, 1.54) is 24.4 Å². The lowest BCUT2D eigenvalue weighted by Crippen LogP contribution is -2.17. The molecule has 1 aromatic heterocycles. The van der Waals surface area contributed by atoms with E-state index >= 15 is 0 Å². The fourth-order valence-corrected chi connectivity index (χ4v) is 1.58. The molecule has 0 spiro atoms. The van der Waals surface area contributed by atoms with Gasteiger partial charge in [-0.1, -0.05) is 18.2 Å². The Hall–Kier alpha value is -2.89. The minimum absolute atomic E-state index is 0.0446. The molecule has 0 saturated heterocycles. The zero-order valence-corrected chi connectivity index (χ0v) is 10.4. The van der Waals surface area contributed by atoms with Gasteiger partial charge in [0.15, 0.2) is 0 Å². The summed E-state index contributed by atoms with van der Waals surface area (Å²) in [7, 11) is 0. The van der Waals surface area contributed by atoms with Crippen LogP contribution < -0.4 is 11.1 Å². The van der Waals surface area contributed by atoms with Gasteiger partial charge in [-0.3, -0.25) is 4.98 Å². The smallest absolute Gasteiger partial charge is 0.354 e. The molecule has 0 atom stereocenters. The lowest BCUT2D eigenvalue weighted by atomic mass is 10.2. The van der Waals surface area contributed by atoms with Crippen molar-refractivity contribution in [3.8, 4) is 0 Å². The van der Waals surface area contributed by atoms with Crippen LogP contribution in [-0.4, -0.2) is 16.1 Å². The Bertz CT molecular complexity index is 656. The lowest BCUT2D eigenvalue weighted by molar-refractivity contribution is -0.132. The van der Waals surface area contributed by atoms with Crippen LogP contribution in [0.2, 0.25) is 0 Å². The summed E-state index contributed by atoms with van der Waals surface area (Å²) >= 11 is 0. The Morgan fingerprint density at radius 3 is 2.50 bits per heavy atom. The molecule has 0 bridgehead atoms. The Morgan fingerprint density at radius 1 is 1.20 bits per heavy atom. The predicted octanol–water partition coefficient (Wildman–Crippen LogP) is 2.04. The van der Waals surface area contributed by atoms with Gasteiger partial charge in [-0.25, -0.2) is 9.18 Å². The van der Waals surface area contributed by atoms with Crippen molar-refractivity contribution in [1.82, 2.24) is 4.98 Å². The third-order valence-corrected chi connectivity index (χ3v) is 2.55. The van der Waals surface area contributed by atoms with Crippen molar-refractivity contribution in [1.29, 1.82) is 0 Å². The third kappa shape index (κ3) is 2.92. The van der Waals surface area contributed by atoms with Crippen molar-refractivity contribution in [3.05, 3.63) is 65.9 Å². The highest BCUT2D eigenvalue weighted by molar-refractivity contribution is 5.97. The van der Waals surface area contributed by atoms with Crippen molar-refractivity contribution in [2.24, 2.45) is 5.73 Å². The number of nitrogens with zero attached hydrogens (tertiary/aromatic N) is 1. The molecule has 102 valence electrons. The molecular formula is C14H12FN3O2.